The molecule has 23 heavy (non-hydrogen) atoms. The average molecular weight is 314 g/mol. The van der Waals surface area contributed by atoms with Crippen LogP contribution in [0.2, 0.25) is 0 Å². The van der Waals surface area contributed by atoms with Crippen molar-refractivity contribution in [1.82, 2.24) is 0 Å². The van der Waals surface area contributed by atoms with Crippen LogP contribution < -0.4 is 14.8 Å². The topological polar surface area (TPSA) is 90.7 Å². The lowest BCUT2D eigenvalue weighted by atomic mass is 10.1. The Morgan fingerprint density at radius 1 is 1.26 bits per heavy atom. The number of non-ortho nitro benzene ring substituents is 1. The van der Waals surface area contributed by atoms with E-state index >= 15 is 0 Å². The van der Waals surface area contributed by atoms with Crippen molar-refractivity contribution in [3.05, 3.63) is 58.1 Å². The molecule has 3 rings (SSSR count). The fourth-order valence-electron chi connectivity index (χ4n) is 2.26. The number of nitrogens with zero attached hydrogens (tertiary/aromatic N) is 1. The predicted molar refractivity (Wildman–Crippen MR) is 82.8 cm³/mol. The van der Waals surface area contributed by atoms with Crippen LogP contribution in [0, 0.1) is 17.0 Å². The molecule has 0 aromatic heterocycles. The van der Waals surface area contributed by atoms with Gasteiger partial charge in [-0.05, 0) is 30.7 Å². The first-order chi connectivity index (χ1) is 11.0. The van der Waals surface area contributed by atoms with Crippen LogP contribution in [0.5, 0.6) is 11.5 Å². The molecule has 2 aromatic carbocycles. The van der Waals surface area contributed by atoms with Crippen LogP contribution in [0.4, 0.5) is 11.4 Å². The molecule has 2 aromatic rings. The van der Waals surface area contributed by atoms with Crippen LogP contribution in [-0.4, -0.2) is 23.5 Å². The lowest BCUT2D eigenvalue weighted by molar-refractivity contribution is -0.384. The number of hydrogen-bond acceptors (Lipinski definition) is 5. The van der Waals surface area contributed by atoms with Crippen molar-refractivity contribution in [1.29, 1.82) is 0 Å². The lowest BCUT2D eigenvalue weighted by Gasteiger charge is -2.25. The molecule has 0 aliphatic carbocycles. The van der Waals surface area contributed by atoms with E-state index in [4.69, 9.17) is 9.47 Å². The third kappa shape index (κ3) is 3.08. The highest BCUT2D eigenvalue weighted by molar-refractivity contribution is 5.95. The molecular formula is C16H14N2O5. The lowest BCUT2D eigenvalue weighted by Crippen LogP contribution is -2.40. The quantitative estimate of drug-likeness (QED) is 0.695. The molecule has 1 atom stereocenters. The zero-order valence-corrected chi connectivity index (χ0v) is 12.3. The van der Waals surface area contributed by atoms with Crippen LogP contribution in [0.15, 0.2) is 42.5 Å². The highest BCUT2D eigenvalue weighted by Gasteiger charge is 2.27. The standard InChI is InChI=1S/C16H14N2O5/c1-10-8-11(18(20)21)6-7-12(10)17-16(19)15-9-22-13-4-2-3-5-14(13)23-15/h2-8,15H,9H2,1H3,(H,17,19)/t15-/m0/s1. The molecule has 1 amide bonds. The van der Waals surface area contributed by atoms with Gasteiger partial charge >= 0.3 is 0 Å². The van der Waals surface area contributed by atoms with Gasteiger partial charge in [0.1, 0.15) is 6.61 Å². The Morgan fingerprint density at radius 2 is 2.00 bits per heavy atom. The van der Waals surface area contributed by atoms with Crippen molar-refractivity contribution >= 4 is 17.3 Å². The van der Waals surface area contributed by atoms with Gasteiger partial charge in [0.15, 0.2) is 11.5 Å². The maximum atomic E-state index is 12.3. The van der Waals surface area contributed by atoms with E-state index in [0.29, 0.717) is 22.7 Å². The number of carbonyl (C=O) groups is 1. The Bertz CT molecular complexity index is 775. The number of rotatable bonds is 3. The average Bonchev–Trinajstić information content (AvgIpc) is 2.56. The first-order valence-corrected chi connectivity index (χ1v) is 6.99. The minimum Gasteiger partial charge on any atom is -0.485 e. The molecule has 1 heterocycles. The second-order valence-electron chi connectivity index (χ2n) is 5.11. The molecule has 1 aliphatic rings. The van der Waals surface area contributed by atoms with E-state index in [1.165, 1.54) is 18.2 Å². The largest absolute Gasteiger partial charge is 0.485 e. The van der Waals surface area contributed by atoms with Crippen LogP contribution in [0.3, 0.4) is 0 Å². The highest BCUT2D eigenvalue weighted by atomic mass is 16.6. The van der Waals surface area contributed by atoms with E-state index in [-0.39, 0.29) is 18.2 Å². The predicted octanol–water partition coefficient (Wildman–Crippen LogP) is 2.68. The monoisotopic (exact) mass is 314 g/mol. The first-order valence-electron chi connectivity index (χ1n) is 6.99. The molecule has 1 aliphatic heterocycles. The Morgan fingerprint density at radius 3 is 2.70 bits per heavy atom. The second-order valence-corrected chi connectivity index (χ2v) is 5.11. The van der Waals surface area contributed by atoms with Crippen LogP contribution in [0.25, 0.3) is 0 Å². The number of carbonyl (C=O) groups excluding carboxylic acids is 1. The minimum atomic E-state index is -0.778. The van der Waals surface area contributed by atoms with Gasteiger partial charge in [0, 0.05) is 17.8 Å². The number of ether oxygens (including phenoxy) is 2. The third-order valence-electron chi connectivity index (χ3n) is 3.48. The maximum absolute atomic E-state index is 12.3. The van der Waals surface area contributed by atoms with Gasteiger partial charge in [-0.15, -0.1) is 0 Å². The molecule has 0 spiro atoms. The van der Waals surface area contributed by atoms with E-state index in [9.17, 15) is 14.9 Å². The number of hydrogen-bond donors (Lipinski definition) is 1. The Hall–Kier alpha value is -3.09. The summed E-state index contributed by atoms with van der Waals surface area (Å²) in [6, 6.07) is 11.4. The van der Waals surface area contributed by atoms with Gasteiger partial charge in [-0.25, -0.2) is 0 Å². The van der Waals surface area contributed by atoms with Crippen molar-refractivity contribution in [2.24, 2.45) is 0 Å². The van der Waals surface area contributed by atoms with Crippen molar-refractivity contribution in [3.8, 4) is 11.5 Å². The Kier molecular flexibility index (Phi) is 3.84. The van der Waals surface area contributed by atoms with Crippen LogP contribution >= 0.6 is 0 Å². The van der Waals surface area contributed by atoms with E-state index in [2.05, 4.69) is 5.32 Å². The van der Waals surface area contributed by atoms with Crippen molar-refractivity contribution in [2.45, 2.75) is 13.0 Å². The summed E-state index contributed by atoms with van der Waals surface area (Å²) < 4.78 is 11.1. The molecule has 0 unspecified atom stereocenters. The zero-order chi connectivity index (χ0) is 16.4. The number of nitrogens with one attached hydrogen (secondary N) is 1. The van der Waals surface area contributed by atoms with Gasteiger partial charge in [-0.2, -0.15) is 0 Å². The van der Waals surface area contributed by atoms with Crippen molar-refractivity contribution < 1.29 is 19.2 Å². The first kappa shape index (κ1) is 14.8. The fourth-order valence-corrected chi connectivity index (χ4v) is 2.26. The number of benzene rings is 2. The van der Waals surface area contributed by atoms with Gasteiger partial charge in [0.25, 0.3) is 11.6 Å². The van der Waals surface area contributed by atoms with Gasteiger partial charge in [-0.1, -0.05) is 12.1 Å². The highest BCUT2D eigenvalue weighted by Crippen LogP contribution is 2.31. The SMILES string of the molecule is Cc1cc([N+](=O)[O-])ccc1NC(=O)[C@@H]1COc2ccccc2O1. The smallest absolute Gasteiger partial charge is 0.269 e. The summed E-state index contributed by atoms with van der Waals surface area (Å²) >= 11 is 0. The Balaban J connectivity index is 1.72. The van der Waals surface area contributed by atoms with Gasteiger partial charge in [0.2, 0.25) is 6.10 Å². The number of fused-ring (bicyclic) bond motifs is 1. The summed E-state index contributed by atoms with van der Waals surface area (Å²) in [5.74, 6) is 0.749. The summed E-state index contributed by atoms with van der Waals surface area (Å²) in [5, 5.41) is 13.4. The molecule has 118 valence electrons. The number of nitro groups is 1. The van der Waals surface area contributed by atoms with Crippen LogP contribution in [0.1, 0.15) is 5.56 Å². The number of para-hydroxylation sites is 2. The molecule has 0 saturated heterocycles. The molecular weight excluding hydrogens is 300 g/mol. The Labute approximate surface area is 132 Å². The molecule has 1 N–H and O–H groups in total. The molecule has 0 radical (unpaired) electrons. The third-order valence-corrected chi connectivity index (χ3v) is 3.48. The molecule has 0 bridgehead atoms. The number of amides is 1. The molecule has 7 heteroatoms. The normalized spacial score (nSPS) is 15.8. The number of aryl methyl sites for hydroxylation is 1. The summed E-state index contributed by atoms with van der Waals surface area (Å²) in [7, 11) is 0. The second kappa shape index (κ2) is 5.96. The fraction of sp³-hybridized carbons (Fsp3) is 0.188. The zero-order valence-electron chi connectivity index (χ0n) is 12.3. The van der Waals surface area contributed by atoms with E-state index in [0.717, 1.165) is 0 Å². The van der Waals surface area contributed by atoms with E-state index in [1.807, 2.05) is 6.07 Å². The maximum Gasteiger partial charge on any atom is 0.269 e. The van der Waals surface area contributed by atoms with Gasteiger partial charge in [0.05, 0.1) is 4.92 Å². The summed E-state index contributed by atoms with van der Waals surface area (Å²) in [4.78, 5) is 22.6. The minimum absolute atomic E-state index is 0.0216. The van der Waals surface area contributed by atoms with E-state index < -0.39 is 11.0 Å². The van der Waals surface area contributed by atoms with Crippen molar-refractivity contribution in [2.75, 3.05) is 11.9 Å². The number of nitro benzene ring substituents is 1. The summed E-state index contributed by atoms with van der Waals surface area (Å²) in [6.45, 7) is 1.80. The van der Waals surface area contributed by atoms with Gasteiger partial charge in [-0.3, -0.25) is 14.9 Å². The summed E-state index contributed by atoms with van der Waals surface area (Å²) in [6.07, 6.45) is -0.778. The van der Waals surface area contributed by atoms with E-state index in [1.54, 1.807) is 25.1 Å². The molecule has 0 fully saturated rings. The van der Waals surface area contributed by atoms with Crippen molar-refractivity contribution in [3.63, 3.8) is 0 Å². The molecule has 0 saturated carbocycles. The molecule has 7 nitrogen and oxygen atoms in total. The summed E-state index contributed by atoms with van der Waals surface area (Å²) in [5.41, 5.74) is 1.08. The van der Waals surface area contributed by atoms with Gasteiger partial charge < -0.3 is 14.8 Å². The number of anilines is 1. The van der Waals surface area contributed by atoms with Crippen LogP contribution in [-0.2, 0) is 4.79 Å².